The van der Waals surface area contributed by atoms with Crippen molar-refractivity contribution in [1.82, 2.24) is 5.32 Å². The summed E-state index contributed by atoms with van der Waals surface area (Å²) < 4.78 is 38.3. The summed E-state index contributed by atoms with van der Waals surface area (Å²) in [5.74, 6) is -1.02. The molecule has 0 aromatic heterocycles. The minimum absolute atomic E-state index is 0.0444. The lowest BCUT2D eigenvalue weighted by Gasteiger charge is -2.28. The summed E-state index contributed by atoms with van der Waals surface area (Å²) in [4.78, 5) is 12.6. The number of carbonyl (C=O) groups excluding carboxylic acids is 1. The highest BCUT2D eigenvalue weighted by Crippen LogP contribution is 2.40. The van der Waals surface area contributed by atoms with Gasteiger partial charge in [-0.25, -0.2) is 8.42 Å². The van der Waals surface area contributed by atoms with E-state index in [-0.39, 0.29) is 30.1 Å². The first-order valence-corrected chi connectivity index (χ1v) is 12.4. The Kier molecular flexibility index (Phi) is 8.23. The van der Waals surface area contributed by atoms with Crippen molar-refractivity contribution >= 4 is 15.8 Å². The molecule has 3 rings (SSSR count). The second-order valence-electron chi connectivity index (χ2n) is 8.00. The van der Waals surface area contributed by atoms with Crippen LogP contribution >= 0.6 is 0 Å². The molecule has 1 fully saturated rings. The highest BCUT2D eigenvalue weighted by Gasteiger charge is 2.50. The lowest BCUT2D eigenvalue weighted by atomic mass is 9.91. The van der Waals surface area contributed by atoms with E-state index in [4.69, 9.17) is 9.47 Å². The maximum Gasteiger partial charge on any atom is 0.306 e. The molecule has 1 aliphatic rings. The molecule has 0 radical (unpaired) electrons. The largest absolute Gasteiger partial charge is 0.466 e. The number of epoxide rings is 1. The highest BCUT2D eigenvalue weighted by molar-refractivity contribution is 7.92. The summed E-state index contributed by atoms with van der Waals surface area (Å²) in [6.45, 7) is 8.86. The van der Waals surface area contributed by atoms with E-state index in [0.717, 1.165) is 5.56 Å². The number of ether oxygens (including phenoxy) is 2. The summed E-state index contributed by atoms with van der Waals surface area (Å²) in [7, 11) is -3.81. The molecular weight excluding hydrogens is 426 g/mol. The molecule has 0 saturated carbocycles. The van der Waals surface area contributed by atoms with Crippen molar-refractivity contribution in [3.63, 3.8) is 0 Å². The van der Waals surface area contributed by atoms with Gasteiger partial charge in [-0.15, -0.1) is 0 Å². The molecule has 0 spiro atoms. The van der Waals surface area contributed by atoms with Gasteiger partial charge in [0.25, 0.3) is 0 Å². The van der Waals surface area contributed by atoms with Crippen LogP contribution in [-0.4, -0.2) is 45.0 Å². The zero-order chi connectivity index (χ0) is 23.1. The van der Waals surface area contributed by atoms with Gasteiger partial charge in [0, 0.05) is 19.0 Å². The maximum atomic E-state index is 13.7. The monoisotopic (exact) mass is 457 g/mol. The van der Waals surface area contributed by atoms with Crippen LogP contribution in [0.2, 0.25) is 0 Å². The number of benzene rings is 2. The van der Waals surface area contributed by atoms with Crippen molar-refractivity contribution in [2.45, 2.75) is 49.2 Å². The highest BCUT2D eigenvalue weighted by atomic mass is 32.2. The summed E-state index contributed by atoms with van der Waals surface area (Å²) >= 11 is 0. The van der Waals surface area contributed by atoms with Crippen molar-refractivity contribution in [3.05, 3.63) is 78.4 Å². The van der Waals surface area contributed by atoms with E-state index >= 15 is 0 Å². The van der Waals surface area contributed by atoms with Crippen molar-refractivity contribution in [3.8, 4) is 0 Å². The predicted octanol–water partition coefficient (Wildman–Crippen LogP) is 3.53. The Bertz CT molecular complexity index is 1010. The van der Waals surface area contributed by atoms with Gasteiger partial charge in [0.05, 0.1) is 35.4 Å². The van der Waals surface area contributed by atoms with Crippen LogP contribution in [0.3, 0.4) is 0 Å². The second kappa shape index (κ2) is 10.9. The van der Waals surface area contributed by atoms with Gasteiger partial charge < -0.3 is 14.8 Å². The Labute approximate surface area is 190 Å². The molecule has 0 unspecified atom stereocenters. The minimum Gasteiger partial charge on any atom is -0.466 e. The number of esters is 1. The van der Waals surface area contributed by atoms with E-state index in [1.54, 1.807) is 37.3 Å². The third-order valence-corrected chi connectivity index (χ3v) is 7.89. The molecule has 6 nitrogen and oxygen atoms in total. The van der Waals surface area contributed by atoms with Gasteiger partial charge in [0.2, 0.25) is 0 Å². The number of nitrogens with one attached hydrogen (secondary N) is 1. The lowest BCUT2D eigenvalue weighted by Crippen LogP contribution is -2.39. The van der Waals surface area contributed by atoms with Crippen LogP contribution in [0.25, 0.3) is 0 Å². The molecule has 2 aromatic carbocycles. The molecule has 1 N–H and O–H groups in total. The molecule has 0 amide bonds. The standard InChI is InChI=1S/C25H31NO5S/c1-4-30-23(27)15-22(24-19(3)31-24)25(32(28,29)21-13-9-6-10-14-21)18(2)16-26-17-20-11-7-5-8-12-20/h5-14,19,22,24-26H,2,4,15-17H2,1,3H3/t19-,22-,24+,25+/m0/s1. The van der Waals surface area contributed by atoms with Crippen LogP contribution in [0, 0.1) is 5.92 Å². The van der Waals surface area contributed by atoms with Gasteiger partial charge in [0.15, 0.2) is 9.84 Å². The SMILES string of the molecule is C=C(CNCc1ccccc1)[C@H]([C@@H](CC(=O)OCC)[C@@H]1O[C@H]1C)S(=O)(=O)c1ccccc1. The fraction of sp³-hybridized carbons (Fsp3) is 0.400. The topological polar surface area (TPSA) is 85.0 Å². The Hall–Kier alpha value is -2.48. The van der Waals surface area contributed by atoms with Crippen molar-refractivity contribution in [1.29, 1.82) is 0 Å². The van der Waals surface area contributed by atoms with Gasteiger partial charge >= 0.3 is 5.97 Å². The van der Waals surface area contributed by atoms with Gasteiger partial charge in [0.1, 0.15) is 0 Å². The molecule has 0 aliphatic carbocycles. The molecule has 2 aromatic rings. The second-order valence-corrected chi connectivity index (χ2v) is 10.1. The van der Waals surface area contributed by atoms with Crippen LogP contribution < -0.4 is 5.32 Å². The van der Waals surface area contributed by atoms with Crippen LogP contribution in [0.4, 0.5) is 0 Å². The number of carbonyl (C=O) groups is 1. The average molecular weight is 458 g/mol. The first-order chi connectivity index (χ1) is 15.3. The third kappa shape index (κ3) is 6.06. The van der Waals surface area contributed by atoms with Crippen molar-refractivity contribution < 1.29 is 22.7 Å². The van der Waals surface area contributed by atoms with Crippen molar-refractivity contribution in [2.75, 3.05) is 13.2 Å². The Morgan fingerprint density at radius 1 is 1.12 bits per heavy atom. The van der Waals surface area contributed by atoms with E-state index in [1.807, 2.05) is 37.3 Å². The van der Waals surface area contributed by atoms with Crippen LogP contribution in [0.5, 0.6) is 0 Å². The van der Waals surface area contributed by atoms with Crippen LogP contribution in [0.1, 0.15) is 25.8 Å². The minimum atomic E-state index is -3.81. The molecule has 32 heavy (non-hydrogen) atoms. The molecule has 7 heteroatoms. The number of sulfone groups is 1. The molecule has 4 atom stereocenters. The number of rotatable bonds is 12. The van der Waals surface area contributed by atoms with Crippen LogP contribution in [-0.2, 0) is 30.7 Å². The molecule has 1 aliphatic heterocycles. The van der Waals surface area contributed by atoms with E-state index in [0.29, 0.717) is 18.7 Å². The quantitative estimate of drug-likeness (QED) is 0.298. The average Bonchev–Trinajstić information content (AvgIpc) is 3.51. The van der Waals surface area contributed by atoms with Gasteiger partial charge in [-0.1, -0.05) is 55.1 Å². The van der Waals surface area contributed by atoms with E-state index in [2.05, 4.69) is 11.9 Å². The summed E-state index contributed by atoms with van der Waals surface area (Å²) in [5, 5.41) is 2.31. The predicted molar refractivity (Wildman–Crippen MR) is 124 cm³/mol. The van der Waals surface area contributed by atoms with E-state index < -0.39 is 27.0 Å². The molecular formula is C25H31NO5S. The van der Waals surface area contributed by atoms with Crippen LogP contribution in [0.15, 0.2) is 77.7 Å². The fourth-order valence-corrected chi connectivity index (χ4v) is 6.10. The Morgan fingerprint density at radius 3 is 2.28 bits per heavy atom. The Balaban J connectivity index is 1.87. The summed E-state index contributed by atoms with van der Waals surface area (Å²) in [5.41, 5.74) is 1.59. The van der Waals surface area contributed by atoms with Gasteiger partial charge in [-0.3, -0.25) is 4.79 Å². The first kappa shape index (κ1) is 24.2. The number of hydrogen-bond acceptors (Lipinski definition) is 6. The van der Waals surface area contributed by atoms with Crippen molar-refractivity contribution in [2.24, 2.45) is 5.92 Å². The molecule has 0 bridgehead atoms. The van der Waals surface area contributed by atoms with Gasteiger partial charge in [-0.2, -0.15) is 0 Å². The molecule has 1 saturated heterocycles. The first-order valence-electron chi connectivity index (χ1n) is 10.9. The molecule has 1 heterocycles. The normalized spacial score (nSPS) is 19.7. The fourth-order valence-electron chi connectivity index (χ4n) is 4.03. The zero-order valence-electron chi connectivity index (χ0n) is 18.6. The lowest BCUT2D eigenvalue weighted by molar-refractivity contribution is -0.144. The number of hydrogen-bond donors (Lipinski definition) is 1. The van der Waals surface area contributed by atoms with E-state index in [1.165, 1.54) is 0 Å². The summed E-state index contributed by atoms with van der Waals surface area (Å²) in [6.07, 6.45) is -0.501. The smallest absolute Gasteiger partial charge is 0.306 e. The zero-order valence-corrected chi connectivity index (χ0v) is 19.4. The maximum absolute atomic E-state index is 13.7. The van der Waals surface area contributed by atoms with Gasteiger partial charge in [-0.05, 0) is 37.1 Å². The third-order valence-electron chi connectivity index (χ3n) is 5.61. The Morgan fingerprint density at radius 2 is 1.72 bits per heavy atom. The summed E-state index contributed by atoms with van der Waals surface area (Å²) in [6, 6.07) is 18.2. The van der Waals surface area contributed by atoms with E-state index in [9.17, 15) is 13.2 Å². The molecule has 172 valence electrons.